The van der Waals surface area contributed by atoms with Crippen LogP contribution in [0.2, 0.25) is 0 Å². The summed E-state index contributed by atoms with van der Waals surface area (Å²) in [5, 5.41) is 5.80. The summed E-state index contributed by atoms with van der Waals surface area (Å²) in [6.45, 7) is 4.16. The lowest BCUT2D eigenvalue weighted by atomic mass is 9.81. The molecule has 0 radical (unpaired) electrons. The second-order valence-corrected chi connectivity index (χ2v) is 8.01. The maximum absolute atomic E-state index is 13.1. The van der Waals surface area contributed by atoms with Gasteiger partial charge in [0.15, 0.2) is 6.61 Å². The number of rotatable bonds is 9. The van der Waals surface area contributed by atoms with Gasteiger partial charge in [-0.3, -0.25) is 0 Å². The molecular weight excluding hydrogens is 394 g/mol. The normalized spacial score (nSPS) is 12.5. The summed E-state index contributed by atoms with van der Waals surface area (Å²) in [6, 6.07) is 21.1. The van der Waals surface area contributed by atoms with Crippen LogP contribution in [0.15, 0.2) is 66.7 Å². The summed E-state index contributed by atoms with van der Waals surface area (Å²) in [5.74, 6) is -4.03. The van der Waals surface area contributed by atoms with Gasteiger partial charge in [0.2, 0.25) is 0 Å². The molecule has 1 N–H and O–H groups in total. The van der Waals surface area contributed by atoms with Gasteiger partial charge < -0.3 is 10.1 Å². The van der Waals surface area contributed by atoms with Gasteiger partial charge in [0, 0.05) is 18.5 Å². The molecule has 3 aromatic carbocycles. The SMILES string of the molecule is CC(C)(CNCc1cccc(OCC(F)(F)C(F)F)c1)c1cccc2ccccc12. The molecule has 0 saturated heterocycles. The van der Waals surface area contributed by atoms with Gasteiger partial charge in [-0.05, 0) is 34.0 Å². The zero-order valence-electron chi connectivity index (χ0n) is 17.0. The lowest BCUT2D eigenvalue weighted by Gasteiger charge is -2.27. The van der Waals surface area contributed by atoms with Crippen LogP contribution in [0.1, 0.15) is 25.0 Å². The zero-order chi connectivity index (χ0) is 21.8. The Balaban J connectivity index is 1.62. The van der Waals surface area contributed by atoms with Crippen molar-refractivity contribution in [3.05, 3.63) is 77.9 Å². The summed E-state index contributed by atoms with van der Waals surface area (Å²) in [7, 11) is 0. The van der Waals surface area contributed by atoms with Crippen LogP contribution in [0.3, 0.4) is 0 Å². The molecule has 0 amide bonds. The first kappa shape index (κ1) is 22.1. The van der Waals surface area contributed by atoms with E-state index in [2.05, 4.69) is 49.5 Å². The highest BCUT2D eigenvalue weighted by Crippen LogP contribution is 2.30. The maximum Gasteiger partial charge on any atom is 0.340 e. The fourth-order valence-electron chi connectivity index (χ4n) is 3.42. The van der Waals surface area contributed by atoms with Crippen LogP contribution in [0.4, 0.5) is 17.6 Å². The van der Waals surface area contributed by atoms with E-state index in [-0.39, 0.29) is 11.2 Å². The minimum Gasteiger partial charge on any atom is -0.487 e. The Labute approximate surface area is 173 Å². The largest absolute Gasteiger partial charge is 0.487 e. The number of hydrogen-bond donors (Lipinski definition) is 1. The first-order valence-corrected chi connectivity index (χ1v) is 9.76. The highest BCUT2D eigenvalue weighted by atomic mass is 19.3. The van der Waals surface area contributed by atoms with Crippen molar-refractivity contribution in [1.82, 2.24) is 5.32 Å². The fraction of sp³-hybridized carbons (Fsp3) is 0.333. The van der Waals surface area contributed by atoms with Crippen molar-refractivity contribution in [2.24, 2.45) is 0 Å². The van der Waals surface area contributed by atoms with Crippen molar-refractivity contribution < 1.29 is 22.3 Å². The van der Waals surface area contributed by atoms with E-state index in [0.29, 0.717) is 13.1 Å². The van der Waals surface area contributed by atoms with Gasteiger partial charge in [-0.2, -0.15) is 8.78 Å². The summed E-state index contributed by atoms with van der Waals surface area (Å²) in [5.41, 5.74) is 1.91. The van der Waals surface area contributed by atoms with E-state index in [4.69, 9.17) is 4.74 Å². The van der Waals surface area contributed by atoms with E-state index in [1.165, 1.54) is 22.4 Å². The van der Waals surface area contributed by atoms with Crippen molar-refractivity contribution >= 4 is 10.8 Å². The lowest BCUT2D eigenvalue weighted by molar-refractivity contribution is -0.148. The first-order chi connectivity index (χ1) is 14.2. The molecule has 0 unspecified atom stereocenters. The van der Waals surface area contributed by atoms with E-state index >= 15 is 0 Å². The molecule has 6 heteroatoms. The molecule has 3 rings (SSSR count). The molecule has 3 aromatic rings. The third kappa shape index (κ3) is 5.30. The number of nitrogens with one attached hydrogen (secondary N) is 1. The fourth-order valence-corrected chi connectivity index (χ4v) is 3.42. The molecule has 0 aliphatic carbocycles. The molecule has 0 saturated carbocycles. The predicted molar refractivity (Wildman–Crippen MR) is 112 cm³/mol. The lowest BCUT2D eigenvalue weighted by Crippen LogP contribution is -2.34. The van der Waals surface area contributed by atoms with E-state index < -0.39 is 19.0 Å². The van der Waals surface area contributed by atoms with Gasteiger partial charge in [0.25, 0.3) is 0 Å². The molecule has 160 valence electrons. The Bertz CT molecular complexity index is 982. The maximum atomic E-state index is 13.1. The molecular formula is C24H25F4NO. The monoisotopic (exact) mass is 419 g/mol. The number of benzene rings is 3. The van der Waals surface area contributed by atoms with Crippen molar-refractivity contribution in [1.29, 1.82) is 0 Å². The van der Waals surface area contributed by atoms with Crippen LogP contribution in [0, 0.1) is 0 Å². The molecule has 0 bridgehead atoms. The number of fused-ring (bicyclic) bond motifs is 1. The van der Waals surface area contributed by atoms with E-state index in [1.54, 1.807) is 12.1 Å². The number of ether oxygens (including phenoxy) is 1. The Morgan fingerprint density at radius 3 is 2.40 bits per heavy atom. The van der Waals surface area contributed by atoms with Gasteiger partial charge in [0.1, 0.15) is 5.75 Å². The minimum atomic E-state index is -4.17. The first-order valence-electron chi connectivity index (χ1n) is 9.76. The Kier molecular flexibility index (Phi) is 6.66. The van der Waals surface area contributed by atoms with Crippen LogP contribution in [0.25, 0.3) is 10.8 Å². The van der Waals surface area contributed by atoms with E-state index in [1.807, 2.05) is 18.2 Å². The third-order valence-electron chi connectivity index (χ3n) is 5.06. The van der Waals surface area contributed by atoms with Gasteiger partial charge in [0.05, 0.1) is 0 Å². The predicted octanol–water partition coefficient (Wildman–Crippen LogP) is 6.19. The highest BCUT2D eigenvalue weighted by molar-refractivity contribution is 5.86. The van der Waals surface area contributed by atoms with Gasteiger partial charge in [-0.1, -0.05) is 68.4 Å². The van der Waals surface area contributed by atoms with Crippen LogP contribution in [0.5, 0.6) is 5.75 Å². The summed E-state index contributed by atoms with van der Waals surface area (Å²) >= 11 is 0. The average Bonchev–Trinajstić information content (AvgIpc) is 2.72. The number of hydrogen-bond acceptors (Lipinski definition) is 2. The average molecular weight is 419 g/mol. The summed E-state index contributed by atoms with van der Waals surface area (Å²) in [6.07, 6.45) is -3.75. The van der Waals surface area contributed by atoms with E-state index in [0.717, 1.165) is 5.56 Å². The topological polar surface area (TPSA) is 21.3 Å². The Morgan fingerprint density at radius 1 is 0.933 bits per heavy atom. The summed E-state index contributed by atoms with van der Waals surface area (Å²) < 4.78 is 55.5. The molecule has 0 aliphatic heterocycles. The molecule has 30 heavy (non-hydrogen) atoms. The summed E-state index contributed by atoms with van der Waals surface area (Å²) in [4.78, 5) is 0. The van der Waals surface area contributed by atoms with Crippen molar-refractivity contribution in [3.8, 4) is 5.75 Å². The molecule has 0 spiro atoms. The molecule has 0 fully saturated rings. The Morgan fingerprint density at radius 2 is 1.63 bits per heavy atom. The van der Waals surface area contributed by atoms with Crippen molar-refractivity contribution in [2.75, 3.05) is 13.2 Å². The van der Waals surface area contributed by atoms with Crippen LogP contribution in [-0.2, 0) is 12.0 Å². The minimum absolute atomic E-state index is 0.142. The van der Waals surface area contributed by atoms with Crippen LogP contribution < -0.4 is 10.1 Å². The standard InChI is InChI=1S/C24H25F4NO/c1-23(2,21-12-6-9-18-8-3-4-11-20(18)21)15-29-14-17-7-5-10-19(13-17)30-16-24(27,28)22(25)26/h3-13,22,29H,14-16H2,1-2H3. The van der Waals surface area contributed by atoms with Gasteiger partial charge in [-0.15, -0.1) is 0 Å². The molecule has 0 aromatic heterocycles. The van der Waals surface area contributed by atoms with Gasteiger partial charge >= 0.3 is 12.3 Å². The Hall–Kier alpha value is -2.60. The highest BCUT2D eigenvalue weighted by Gasteiger charge is 2.41. The third-order valence-corrected chi connectivity index (χ3v) is 5.06. The quantitative estimate of drug-likeness (QED) is 0.418. The van der Waals surface area contributed by atoms with Crippen molar-refractivity contribution in [3.63, 3.8) is 0 Å². The number of alkyl halides is 4. The smallest absolute Gasteiger partial charge is 0.340 e. The second kappa shape index (κ2) is 9.04. The van der Waals surface area contributed by atoms with Crippen LogP contribution in [-0.4, -0.2) is 25.5 Å². The van der Waals surface area contributed by atoms with E-state index in [9.17, 15) is 17.6 Å². The molecule has 2 nitrogen and oxygen atoms in total. The second-order valence-electron chi connectivity index (χ2n) is 8.01. The van der Waals surface area contributed by atoms with Gasteiger partial charge in [-0.25, -0.2) is 8.78 Å². The number of halogens is 4. The van der Waals surface area contributed by atoms with Crippen LogP contribution >= 0.6 is 0 Å². The molecule has 0 atom stereocenters. The zero-order valence-corrected chi connectivity index (χ0v) is 17.0. The van der Waals surface area contributed by atoms with Crippen molar-refractivity contribution in [2.45, 2.75) is 38.2 Å². The molecule has 0 aliphatic rings. The molecule has 0 heterocycles.